The van der Waals surface area contributed by atoms with Crippen molar-refractivity contribution in [3.05, 3.63) is 71.3 Å². The number of aliphatic imine (C=N–C) groups is 1. The third kappa shape index (κ3) is 3.68. The van der Waals surface area contributed by atoms with Gasteiger partial charge in [0, 0.05) is 19.0 Å². The van der Waals surface area contributed by atoms with E-state index in [9.17, 15) is 5.11 Å². The van der Waals surface area contributed by atoms with Gasteiger partial charge in [-0.15, -0.1) is 0 Å². The number of hydrogen-bond acceptors (Lipinski definition) is 3. The number of rotatable bonds is 5. The first-order chi connectivity index (χ1) is 12.2. The zero-order chi connectivity index (χ0) is 18.9. The van der Waals surface area contributed by atoms with E-state index in [0.717, 1.165) is 23.5 Å². The zero-order valence-corrected chi connectivity index (χ0v) is 16.5. The van der Waals surface area contributed by atoms with E-state index in [0.29, 0.717) is 12.5 Å². The molecule has 138 valence electrons. The average Bonchev–Trinajstić information content (AvgIpc) is 2.90. The number of nitrogens with zero attached hydrogens (tertiary/aromatic N) is 2. The van der Waals surface area contributed by atoms with Gasteiger partial charge in [0.15, 0.2) is 0 Å². The average molecular weight is 351 g/mol. The van der Waals surface area contributed by atoms with Crippen LogP contribution in [0.2, 0.25) is 0 Å². The molecule has 0 bridgehead atoms. The Balaban J connectivity index is 2.06. The van der Waals surface area contributed by atoms with Crippen LogP contribution in [-0.2, 0) is 5.60 Å². The van der Waals surface area contributed by atoms with Crippen LogP contribution in [0.15, 0.2) is 59.6 Å². The van der Waals surface area contributed by atoms with Crippen molar-refractivity contribution >= 4 is 5.84 Å². The first-order valence-electron chi connectivity index (χ1n) is 9.42. The van der Waals surface area contributed by atoms with E-state index in [1.807, 2.05) is 42.5 Å². The van der Waals surface area contributed by atoms with Crippen molar-refractivity contribution in [1.29, 1.82) is 0 Å². The highest BCUT2D eigenvalue weighted by Crippen LogP contribution is 2.36. The summed E-state index contributed by atoms with van der Waals surface area (Å²) in [4.78, 5) is 7.28. The molecule has 1 heterocycles. The minimum absolute atomic E-state index is 0.121. The number of hydrogen-bond donors (Lipinski definition) is 1. The van der Waals surface area contributed by atoms with Gasteiger partial charge in [-0.2, -0.15) is 0 Å². The number of benzene rings is 2. The molecule has 2 aromatic carbocycles. The van der Waals surface area contributed by atoms with Gasteiger partial charge in [-0.1, -0.05) is 60.2 Å². The van der Waals surface area contributed by atoms with Gasteiger partial charge in [-0.05, 0) is 45.7 Å². The van der Waals surface area contributed by atoms with Crippen LogP contribution >= 0.6 is 0 Å². The normalized spacial score (nSPS) is 18.7. The topological polar surface area (TPSA) is 35.8 Å². The third-order valence-corrected chi connectivity index (χ3v) is 5.14. The molecule has 1 N–H and O–H groups in total. The summed E-state index contributed by atoms with van der Waals surface area (Å²) in [6.07, 6.45) is 0.474. The molecule has 1 aliphatic rings. The summed E-state index contributed by atoms with van der Waals surface area (Å²) < 4.78 is 0. The molecule has 0 spiro atoms. The van der Waals surface area contributed by atoms with Crippen LogP contribution in [0, 0.1) is 6.92 Å². The Kier molecular flexibility index (Phi) is 4.94. The van der Waals surface area contributed by atoms with Crippen LogP contribution in [0.25, 0.3) is 0 Å². The Hall–Kier alpha value is -2.13. The summed E-state index contributed by atoms with van der Waals surface area (Å²) in [5, 5.41) is 11.9. The molecule has 0 saturated carbocycles. The summed E-state index contributed by atoms with van der Waals surface area (Å²) in [5.74, 6) is 0.983. The molecule has 0 saturated heterocycles. The standard InChI is InChI=1S/C23H30N2O/c1-17(2)25-16-22(4,5)24-21(25)15-23(26,19-9-7-6-8-10-19)20-13-11-18(3)12-14-20/h6-14,17,26H,15-16H2,1-5H3. The highest BCUT2D eigenvalue weighted by atomic mass is 16.3. The molecule has 3 rings (SSSR count). The van der Waals surface area contributed by atoms with Gasteiger partial charge in [0.05, 0.1) is 5.54 Å². The molecular weight excluding hydrogens is 320 g/mol. The van der Waals surface area contributed by atoms with Gasteiger partial charge < -0.3 is 10.0 Å². The molecule has 0 aliphatic carbocycles. The lowest BCUT2D eigenvalue weighted by Gasteiger charge is -2.34. The summed E-state index contributed by atoms with van der Waals surface area (Å²) >= 11 is 0. The maximum atomic E-state index is 11.9. The predicted octanol–water partition coefficient (Wildman–Crippen LogP) is 4.52. The Bertz CT molecular complexity index is 778. The molecule has 0 aromatic heterocycles. The second-order valence-corrected chi connectivity index (χ2v) is 8.33. The smallest absolute Gasteiger partial charge is 0.122 e. The SMILES string of the molecule is Cc1ccc(C(O)(CC2=NC(C)(C)CN2C(C)C)c2ccccc2)cc1. The van der Waals surface area contributed by atoms with Gasteiger partial charge in [-0.25, -0.2) is 0 Å². The molecule has 1 atom stereocenters. The van der Waals surface area contributed by atoms with E-state index in [1.165, 1.54) is 5.56 Å². The van der Waals surface area contributed by atoms with Gasteiger partial charge in [-0.3, -0.25) is 4.99 Å². The molecule has 1 unspecified atom stereocenters. The Labute approximate surface area is 157 Å². The molecule has 3 heteroatoms. The van der Waals surface area contributed by atoms with Crippen molar-refractivity contribution < 1.29 is 5.11 Å². The van der Waals surface area contributed by atoms with E-state index in [1.54, 1.807) is 0 Å². The third-order valence-electron chi connectivity index (χ3n) is 5.14. The fourth-order valence-electron chi connectivity index (χ4n) is 3.72. The van der Waals surface area contributed by atoms with Crippen molar-refractivity contribution in [2.24, 2.45) is 4.99 Å². The first kappa shape index (κ1) is 18.7. The van der Waals surface area contributed by atoms with Crippen LogP contribution in [0.4, 0.5) is 0 Å². The van der Waals surface area contributed by atoms with Crippen molar-refractivity contribution in [3.8, 4) is 0 Å². The van der Waals surface area contributed by atoms with Gasteiger partial charge >= 0.3 is 0 Å². The molecule has 0 fully saturated rings. The van der Waals surface area contributed by atoms with Crippen LogP contribution < -0.4 is 0 Å². The molecule has 2 aromatic rings. The van der Waals surface area contributed by atoms with Crippen LogP contribution in [0.1, 0.15) is 50.8 Å². The van der Waals surface area contributed by atoms with Gasteiger partial charge in [0.1, 0.15) is 11.4 Å². The molecule has 26 heavy (non-hydrogen) atoms. The summed E-state index contributed by atoms with van der Waals surface area (Å²) in [7, 11) is 0. The van der Waals surface area contributed by atoms with Gasteiger partial charge in [0.2, 0.25) is 0 Å². The Morgan fingerprint density at radius 3 is 2.19 bits per heavy atom. The lowest BCUT2D eigenvalue weighted by atomic mass is 9.82. The fraction of sp³-hybridized carbons (Fsp3) is 0.435. The zero-order valence-electron chi connectivity index (χ0n) is 16.5. The summed E-state index contributed by atoms with van der Waals surface area (Å²) in [6.45, 7) is 11.6. The first-order valence-corrected chi connectivity index (χ1v) is 9.42. The van der Waals surface area contributed by atoms with Crippen molar-refractivity contribution in [2.45, 2.75) is 58.2 Å². The predicted molar refractivity (Wildman–Crippen MR) is 109 cm³/mol. The minimum Gasteiger partial charge on any atom is -0.380 e. The molecule has 1 aliphatic heterocycles. The quantitative estimate of drug-likeness (QED) is 0.860. The second kappa shape index (κ2) is 6.88. The number of aryl methyl sites for hydroxylation is 1. The molecular formula is C23H30N2O. The second-order valence-electron chi connectivity index (χ2n) is 8.33. The maximum absolute atomic E-state index is 11.9. The highest BCUT2D eigenvalue weighted by Gasteiger charge is 2.39. The summed E-state index contributed by atoms with van der Waals surface area (Å²) in [6, 6.07) is 18.5. The highest BCUT2D eigenvalue weighted by molar-refractivity contribution is 5.86. The monoisotopic (exact) mass is 350 g/mol. The largest absolute Gasteiger partial charge is 0.380 e. The molecule has 0 radical (unpaired) electrons. The maximum Gasteiger partial charge on any atom is 0.122 e. The van der Waals surface area contributed by atoms with E-state index in [4.69, 9.17) is 4.99 Å². The minimum atomic E-state index is -1.10. The molecule has 0 amide bonds. The molecule has 3 nitrogen and oxygen atoms in total. The van der Waals surface area contributed by atoms with Crippen LogP contribution in [-0.4, -0.2) is 34.0 Å². The van der Waals surface area contributed by atoms with Crippen molar-refractivity contribution in [1.82, 2.24) is 4.90 Å². The lowest BCUT2D eigenvalue weighted by molar-refractivity contribution is 0.0854. The van der Waals surface area contributed by atoms with E-state index < -0.39 is 5.60 Å². The number of amidine groups is 1. The van der Waals surface area contributed by atoms with Gasteiger partial charge in [0.25, 0.3) is 0 Å². The number of aliphatic hydroxyl groups is 1. The van der Waals surface area contributed by atoms with E-state index in [-0.39, 0.29) is 5.54 Å². The fourth-order valence-corrected chi connectivity index (χ4v) is 3.72. The van der Waals surface area contributed by atoms with Crippen molar-refractivity contribution in [3.63, 3.8) is 0 Å². The summed E-state index contributed by atoms with van der Waals surface area (Å²) in [5.41, 5.74) is 1.78. The van der Waals surface area contributed by atoms with E-state index >= 15 is 0 Å². The Morgan fingerprint density at radius 1 is 1.04 bits per heavy atom. The van der Waals surface area contributed by atoms with Crippen LogP contribution in [0.3, 0.4) is 0 Å². The van der Waals surface area contributed by atoms with Crippen molar-refractivity contribution in [2.75, 3.05) is 6.54 Å². The van der Waals surface area contributed by atoms with E-state index in [2.05, 4.69) is 51.7 Å². The lowest BCUT2D eigenvalue weighted by Crippen LogP contribution is -2.41. The van der Waals surface area contributed by atoms with Crippen LogP contribution in [0.5, 0.6) is 0 Å². The Morgan fingerprint density at radius 2 is 1.62 bits per heavy atom.